The van der Waals surface area contributed by atoms with Gasteiger partial charge in [-0.1, -0.05) is 42.0 Å². The summed E-state index contributed by atoms with van der Waals surface area (Å²) in [5.74, 6) is 1.11. The molecule has 3 aliphatic rings. The minimum absolute atomic E-state index is 0.0278. The minimum Gasteiger partial charge on any atom is -0.469 e. The Balaban J connectivity index is 1.62. The Morgan fingerprint density at radius 2 is 1.88 bits per heavy atom. The zero-order valence-corrected chi connectivity index (χ0v) is 18.7. The third-order valence-electron chi connectivity index (χ3n) is 6.91. The van der Waals surface area contributed by atoms with Crippen molar-refractivity contribution in [2.45, 2.75) is 31.6 Å². The van der Waals surface area contributed by atoms with Gasteiger partial charge in [-0.3, -0.25) is 9.69 Å². The summed E-state index contributed by atoms with van der Waals surface area (Å²) in [6, 6.07) is 21.9. The number of Topliss-reactive ketones (excluding diaryl/α,β-unsaturated/α-hetero) is 1. The van der Waals surface area contributed by atoms with E-state index in [2.05, 4.69) is 6.07 Å². The number of aliphatic imine (C=N–C) groups is 1. The summed E-state index contributed by atoms with van der Waals surface area (Å²) in [5.41, 5.74) is 12.0. The monoisotopic (exact) mass is 446 g/mol. The minimum atomic E-state index is -0.487. The highest BCUT2D eigenvalue weighted by Crippen LogP contribution is 2.51. The van der Waals surface area contributed by atoms with Gasteiger partial charge in [-0.15, -0.1) is 0 Å². The van der Waals surface area contributed by atoms with Crippen LogP contribution in [0.2, 0.25) is 0 Å². The van der Waals surface area contributed by atoms with Crippen molar-refractivity contribution in [3.05, 3.63) is 112 Å². The Bertz CT molecular complexity index is 1450. The molecule has 34 heavy (non-hydrogen) atoms. The molecule has 1 aliphatic carbocycles. The van der Waals surface area contributed by atoms with Crippen molar-refractivity contribution in [3.63, 3.8) is 0 Å². The Kier molecular flexibility index (Phi) is 4.53. The number of fused-ring (bicyclic) bond motifs is 4. The van der Waals surface area contributed by atoms with Crippen LogP contribution in [0.15, 0.2) is 99.0 Å². The van der Waals surface area contributed by atoms with Crippen LogP contribution in [0.1, 0.15) is 47.1 Å². The number of anilines is 1. The highest BCUT2D eigenvalue weighted by molar-refractivity contribution is 6.08. The molecule has 2 atom stereocenters. The first-order valence-corrected chi connectivity index (χ1v) is 11.3. The second-order valence-corrected chi connectivity index (χ2v) is 8.95. The fourth-order valence-electron chi connectivity index (χ4n) is 5.33. The molecule has 2 aromatic carbocycles. The van der Waals surface area contributed by atoms with Gasteiger partial charge in [0.25, 0.3) is 0 Å². The lowest BCUT2D eigenvalue weighted by Gasteiger charge is -2.43. The predicted molar refractivity (Wildman–Crippen MR) is 129 cm³/mol. The normalized spacial score (nSPS) is 21.5. The highest BCUT2D eigenvalue weighted by atomic mass is 16.3. The van der Waals surface area contributed by atoms with Gasteiger partial charge >= 0.3 is 0 Å². The molecule has 0 fully saturated rings. The van der Waals surface area contributed by atoms with Gasteiger partial charge in [0, 0.05) is 29.2 Å². The number of benzene rings is 2. The Hall–Kier alpha value is -4.37. The van der Waals surface area contributed by atoms with Gasteiger partial charge in [-0.05, 0) is 43.2 Å². The van der Waals surface area contributed by atoms with Crippen LogP contribution in [-0.2, 0) is 4.79 Å². The molecule has 2 N–H and O–H groups in total. The third kappa shape index (κ3) is 2.94. The molecular weight excluding hydrogens is 424 g/mol. The molecule has 0 amide bonds. The molecule has 2 aliphatic heterocycles. The molecule has 3 aromatic rings. The summed E-state index contributed by atoms with van der Waals surface area (Å²) in [4.78, 5) is 20.5. The molecule has 0 unspecified atom stereocenters. The number of hydrogen-bond donors (Lipinski definition) is 1. The first-order valence-electron chi connectivity index (χ1n) is 11.3. The van der Waals surface area contributed by atoms with E-state index in [-0.39, 0.29) is 11.7 Å². The molecule has 0 saturated heterocycles. The predicted octanol–water partition coefficient (Wildman–Crippen LogP) is 5.05. The van der Waals surface area contributed by atoms with Crippen molar-refractivity contribution in [1.29, 1.82) is 5.26 Å². The molecule has 0 spiro atoms. The van der Waals surface area contributed by atoms with Gasteiger partial charge in [0.1, 0.15) is 11.6 Å². The number of hydrogen-bond acceptors (Lipinski definition) is 6. The molecule has 0 radical (unpaired) electrons. The van der Waals surface area contributed by atoms with Crippen molar-refractivity contribution >= 4 is 17.3 Å². The lowest BCUT2D eigenvalue weighted by atomic mass is 9.72. The number of allylic oxidation sites excluding steroid dienone is 3. The fourth-order valence-corrected chi connectivity index (χ4v) is 5.33. The molecule has 6 nitrogen and oxygen atoms in total. The number of aryl methyl sites for hydroxylation is 1. The van der Waals surface area contributed by atoms with E-state index < -0.39 is 5.92 Å². The zero-order valence-electron chi connectivity index (χ0n) is 18.7. The molecule has 166 valence electrons. The maximum absolute atomic E-state index is 13.8. The smallest absolute Gasteiger partial charge is 0.162 e. The van der Waals surface area contributed by atoms with E-state index in [1.165, 1.54) is 0 Å². The average Bonchev–Trinajstić information content (AvgIpc) is 3.39. The summed E-state index contributed by atoms with van der Waals surface area (Å²) in [5, 5.41) is 10.3. The van der Waals surface area contributed by atoms with E-state index in [0.717, 1.165) is 33.8 Å². The standard InChI is InChI=1S/C28H22N4O2/c1-16-8-10-17(11-9-16)25-20(15-29)28-31-27(30)19-5-2-3-6-21(19)32(28)22-13-18(14-23(33)26(22)25)24-7-4-12-34-24/h2-12,18,25H,13-14H2,1H3,(H2,30,31)/t18-,25+/m0/s1. The SMILES string of the molecule is Cc1ccc([C@@H]2C(C#N)=C3N=C(N)c4ccccc4N3C3=C2C(=O)C[C@@H](c2ccco2)C3)cc1. The number of para-hydroxylation sites is 1. The number of amidine groups is 1. The van der Waals surface area contributed by atoms with Crippen LogP contribution in [0.3, 0.4) is 0 Å². The number of rotatable bonds is 2. The van der Waals surface area contributed by atoms with Crippen LogP contribution in [-0.4, -0.2) is 11.6 Å². The second kappa shape index (κ2) is 7.60. The van der Waals surface area contributed by atoms with Crippen molar-refractivity contribution < 1.29 is 9.21 Å². The topological polar surface area (TPSA) is 95.6 Å². The van der Waals surface area contributed by atoms with Gasteiger partial charge in [-0.2, -0.15) is 5.26 Å². The highest BCUT2D eigenvalue weighted by Gasteiger charge is 2.45. The van der Waals surface area contributed by atoms with Crippen LogP contribution >= 0.6 is 0 Å². The molecule has 1 aromatic heterocycles. The van der Waals surface area contributed by atoms with E-state index in [0.29, 0.717) is 35.6 Å². The third-order valence-corrected chi connectivity index (χ3v) is 6.91. The summed E-state index contributed by atoms with van der Waals surface area (Å²) < 4.78 is 5.69. The van der Waals surface area contributed by atoms with Crippen LogP contribution in [0.5, 0.6) is 0 Å². The molecule has 6 rings (SSSR count). The van der Waals surface area contributed by atoms with Crippen LogP contribution in [0, 0.1) is 18.3 Å². The lowest BCUT2D eigenvalue weighted by molar-refractivity contribution is -0.116. The number of nitrogens with two attached hydrogens (primary N) is 1. The molecule has 6 heteroatoms. The Morgan fingerprint density at radius 1 is 1.09 bits per heavy atom. The van der Waals surface area contributed by atoms with E-state index in [4.69, 9.17) is 15.1 Å². The number of carbonyl (C=O) groups is 1. The quantitative estimate of drug-likeness (QED) is 0.595. The molecule has 0 bridgehead atoms. The maximum atomic E-state index is 13.8. The van der Waals surface area contributed by atoms with E-state index in [1.54, 1.807) is 6.26 Å². The number of carbonyl (C=O) groups excluding carboxylic acids is 1. The Labute approximate surface area is 197 Å². The average molecular weight is 447 g/mol. The van der Waals surface area contributed by atoms with Crippen molar-refractivity contribution in [3.8, 4) is 6.07 Å². The number of nitrogens with zero attached hydrogens (tertiary/aromatic N) is 3. The summed E-state index contributed by atoms with van der Waals surface area (Å²) in [6.45, 7) is 2.02. The van der Waals surface area contributed by atoms with Gasteiger partial charge in [0.2, 0.25) is 0 Å². The van der Waals surface area contributed by atoms with Gasteiger partial charge < -0.3 is 10.2 Å². The second-order valence-electron chi connectivity index (χ2n) is 8.95. The zero-order chi connectivity index (χ0) is 23.4. The van der Waals surface area contributed by atoms with E-state index in [1.807, 2.05) is 72.5 Å². The van der Waals surface area contributed by atoms with Gasteiger partial charge in [0.15, 0.2) is 11.6 Å². The van der Waals surface area contributed by atoms with Crippen LogP contribution in [0.25, 0.3) is 0 Å². The summed E-state index contributed by atoms with van der Waals surface area (Å²) >= 11 is 0. The van der Waals surface area contributed by atoms with Crippen LogP contribution in [0.4, 0.5) is 5.69 Å². The Morgan fingerprint density at radius 3 is 2.62 bits per heavy atom. The maximum Gasteiger partial charge on any atom is 0.162 e. The lowest BCUT2D eigenvalue weighted by Crippen LogP contribution is -2.40. The number of furan rings is 1. The molecule has 0 saturated carbocycles. The van der Waals surface area contributed by atoms with Crippen LogP contribution < -0.4 is 10.6 Å². The van der Waals surface area contributed by atoms with Gasteiger partial charge in [-0.25, -0.2) is 4.99 Å². The fraction of sp³-hybridized carbons (Fsp3) is 0.179. The number of ketones is 1. The first-order chi connectivity index (χ1) is 16.6. The van der Waals surface area contributed by atoms with E-state index in [9.17, 15) is 10.1 Å². The number of nitriles is 1. The molecule has 3 heterocycles. The largest absolute Gasteiger partial charge is 0.469 e. The molecular formula is C28H22N4O2. The van der Waals surface area contributed by atoms with Gasteiger partial charge in [0.05, 0.1) is 29.5 Å². The van der Waals surface area contributed by atoms with Crippen molar-refractivity contribution in [1.82, 2.24) is 0 Å². The first kappa shape index (κ1) is 20.3. The van der Waals surface area contributed by atoms with E-state index >= 15 is 0 Å². The van der Waals surface area contributed by atoms with Crippen molar-refractivity contribution in [2.75, 3.05) is 4.90 Å². The summed E-state index contributed by atoms with van der Waals surface area (Å²) in [6.07, 6.45) is 2.58. The summed E-state index contributed by atoms with van der Waals surface area (Å²) in [7, 11) is 0. The van der Waals surface area contributed by atoms with Crippen molar-refractivity contribution in [2.24, 2.45) is 10.7 Å².